The largest absolute Gasteiger partial charge is 0.497 e. The van der Waals surface area contributed by atoms with Crippen molar-refractivity contribution in [3.8, 4) is 11.5 Å². The summed E-state index contributed by atoms with van der Waals surface area (Å²) in [6, 6.07) is 13.5. The maximum absolute atomic E-state index is 12.3. The summed E-state index contributed by atoms with van der Waals surface area (Å²) in [5.74, 6) is 0.797. The van der Waals surface area contributed by atoms with E-state index in [1.54, 1.807) is 48.5 Å². The van der Waals surface area contributed by atoms with Gasteiger partial charge in [-0.1, -0.05) is 24.3 Å². The van der Waals surface area contributed by atoms with Crippen LogP contribution in [-0.4, -0.2) is 25.1 Å². The Morgan fingerprint density at radius 1 is 1.00 bits per heavy atom. The standard InChI is InChI=1S/C16H16O4/c1-19-13-7-3-5-11(9-13)15(17)16(18)12-6-4-8-14(10-12)20-2/h3-10,15,17H,1-2H3. The molecule has 0 aliphatic carbocycles. The molecule has 4 heteroatoms. The number of benzene rings is 2. The first-order valence-electron chi connectivity index (χ1n) is 6.16. The van der Waals surface area contributed by atoms with Gasteiger partial charge in [0.15, 0.2) is 5.78 Å². The van der Waals surface area contributed by atoms with Gasteiger partial charge >= 0.3 is 0 Å². The van der Waals surface area contributed by atoms with E-state index in [-0.39, 0.29) is 5.78 Å². The minimum Gasteiger partial charge on any atom is -0.497 e. The Morgan fingerprint density at radius 3 is 2.25 bits per heavy atom. The predicted molar refractivity (Wildman–Crippen MR) is 75.3 cm³/mol. The van der Waals surface area contributed by atoms with E-state index in [1.165, 1.54) is 14.2 Å². The molecule has 1 atom stereocenters. The lowest BCUT2D eigenvalue weighted by Crippen LogP contribution is -2.12. The fourth-order valence-electron chi connectivity index (χ4n) is 1.90. The van der Waals surface area contributed by atoms with E-state index in [1.807, 2.05) is 0 Å². The van der Waals surface area contributed by atoms with Crippen LogP contribution in [0, 0.1) is 0 Å². The molecule has 0 saturated heterocycles. The van der Waals surface area contributed by atoms with Crippen molar-refractivity contribution in [2.45, 2.75) is 6.10 Å². The molecule has 0 aliphatic heterocycles. The van der Waals surface area contributed by atoms with Crippen molar-refractivity contribution in [1.82, 2.24) is 0 Å². The zero-order valence-electron chi connectivity index (χ0n) is 11.4. The summed E-state index contributed by atoms with van der Waals surface area (Å²) in [4.78, 5) is 12.3. The number of hydrogen-bond acceptors (Lipinski definition) is 4. The van der Waals surface area contributed by atoms with Gasteiger partial charge in [-0.3, -0.25) is 4.79 Å². The van der Waals surface area contributed by atoms with E-state index >= 15 is 0 Å². The third-order valence-corrected chi connectivity index (χ3v) is 3.01. The van der Waals surface area contributed by atoms with Crippen LogP contribution in [0.3, 0.4) is 0 Å². The fourth-order valence-corrected chi connectivity index (χ4v) is 1.90. The SMILES string of the molecule is COc1cccc(C(=O)C(O)c2cccc(OC)c2)c1. The number of carbonyl (C=O) groups excluding carboxylic acids is 1. The van der Waals surface area contributed by atoms with E-state index in [2.05, 4.69) is 0 Å². The summed E-state index contributed by atoms with van der Waals surface area (Å²) in [5.41, 5.74) is 0.900. The minimum absolute atomic E-state index is 0.378. The van der Waals surface area contributed by atoms with Gasteiger partial charge in [0, 0.05) is 5.56 Å². The number of carbonyl (C=O) groups is 1. The summed E-state index contributed by atoms with van der Waals surface area (Å²) >= 11 is 0. The molecular formula is C16H16O4. The van der Waals surface area contributed by atoms with E-state index < -0.39 is 6.10 Å². The second-order valence-corrected chi connectivity index (χ2v) is 4.28. The first-order chi connectivity index (χ1) is 9.65. The zero-order chi connectivity index (χ0) is 14.5. The normalized spacial score (nSPS) is 11.8. The summed E-state index contributed by atoms with van der Waals surface area (Å²) in [5, 5.41) is 10.2. The van der Waals surface area contributed by atoms with Gasteiger partial charge in [0.2, 0.25) is 0 Å². The van der Waals surface area contributed by atoms with Gasteiger partial charge in [0.25, 0.3) is 0 Å². The number of methoxy groups -OCH3 is 2. The molecule has 2 rings (SSSR count). The average Bonchev–Trinajstić information content (AvgIpc) is 2.53. The van der Waals surface area contributed by atoms with Crippen LogP contribution in [0.15, 0.2) is 48.5 Å². The van der Waals surface area contributed by atoms with Crippen molar-refractivity contribution in [2.24, 2.45) is 0 Å². The van der Waals surface area contributed by atoms with Crippen molar-refractivity contribution < 1.29 is 19.4 Å². The van der Waals surface area contributed by atoms with Gasteiger partial charge in [-0.2, -0.15) is 0 Å². The quantitative estimate of drug-likeness (QED) is 0.850. The van der Waals surface area contributed by atoms with Gasteiger partial charge in [0.05, 0.1) is 14.2 Å². The van der Waals surface area contributed by atoms with Gasteiger partial charge in [-0.25, -0.2) is 0 Å². The summed E-state index contributed by atoms with van der Waals surface area (Å²) in [6.45, 7) is 0. The molecule has 104 valence electrons. The number of hydrogen-bond donors (Lipinski definition) is 1. The van der Waals surface area contributed by atoms with Crippen LogP contribution >= 0.6 is 0 Å². The molecule has 0 aromatic heterocycles. The molecule has 0 saturated carbocycles. The van der Waals surface area contributed by atoms with Gasteiger partial charge in [0.1, 0.15) is 17.6 Å². The Labute approximate surface area is 117 Å². The first kappa shape index (κ1) is 14.1. The molecule has 1 N–H and O–H groups in total. The number of ether oxygens (including phenoxy) is 2. The molecule has 20 heavy (non-hydrogen) atoms. The Kier molecular flexibility index (Phi) is 4.38. The lowest BCUT2D eigenvalue weighted by atomic mass is 9.99. The Balaban J connectivity index is 2.27. The Morgan fingerprint density at radius 2 is 1.60 bits per heavy atom. The maximum Gasteiger partial charge on any atom is 0.195 e. The summed E-state index contributed by atoms with van der Waals surface area (Å²) in [6.07, 6.45) is -1.22. The molecule has 0 fully saturated rings. The molecule has 0 bridgehead atoms. The Bertz CT molecular complexity index is 607. The number of Topliss-reactive ketones (excluding diaryl/α,β-unsaturated/α-hetero) is 1. The van der Waals surface area contributed by atoms with Gasteiger partial charge in [-0.15, -0.1) is 0 Å². The van der Waals surface area contributed by atoms with Gasteiger partial charge in [-0.05, 0) is 29.8 Å². The highest BCUT2D eigenvalue weighted by Gasteiger charge is 2.20. The van der Waals surface area contributed by atoms with Crippen molar-refractivity contribution in [1.29, 1.82) is 0 Å². The zero-order valence-corrected chi connectivity index (χ0v) is 11.4. The molecule has 0 amide bonds. The van der Waals surface area contributed by atoms with E-state index in [0.29, 0.717) is 22.6 Å². The van der Waals surface area contributed by atoms with Crippen LogP contribution in [0.25, 0.3) is 0 Å². The number of ketones is 1. The van der Waals surface area contributed by atoms with E-state index in [4.69, 9.17) is 9.47 Å². The highest BCUT2D eigenvalue weighted by Crippen LogP contribution is 2.23. The van der Waals surface area contributed by atoms with Crippen LogP contribution in [0.1, 0.15) is 22.0 Å². The third-order valence-electron chi connectivity index (χ3n) is 3.01. The predicted octanol–water partition coefficient (Wildman–Crippen LogP) is 2.62. The average molecular weight is 272 g/mol. The molecule has 0 heterocycles. The summed E-state index contributed by atoms with van der Waals surface area (Å²) < 4.78 is 10.2. The highest BCUT2D eigenvalue weighted by atomic mass is 16.5. The smallest absolute Gasteiger partial charge is 0.195 e. The second kappa shape index (κ2) is 6.21. The maximum atomic E-state index is 12.3. The highest BCUT2D eigenvalue weighted by molar-refractivity contribution is 6.00. The van der Waals surface area contributed by atoms with Crippen molar-refractivity contribution in [3.05, 3.63) is 59.7 Å². The topological polar surface area (TPSA) is 55.8 Å². The molecule has 1 unspecified atom stereocenters. The summed E-state index contributed by atoms with van der Waals surface area (Å²) in [7, 11) is 3.07. The number of aliphatic hydroxyl groups is 1. The molecule has 4 nitrogen and oxygen atoms in total. The second-order valence-electron chi connectivity index (χ2n) is 4.28. The fraction of sp³-hybridized carbons (Fsp3) is 0.188. The van der Waals surface area contributed by atoms with Gasteiger partial charge < -0.3 is 14.6 Å². The van der Waals surface area contributed by atoms with E-state index in [0.717, 1.165) is 0 Å². The van der Waals surface area contributed by atoms with Crippen LogP contribution in [-0.2, 0) is 0 Å². The lowest BCUT2D eigenvalue weighted by molar-refractivity contribution is 0.0747. The Hall–Kier alpha value is -2.33. The van der Waals surface area contributed by atoms with Crippen molar-refractivity contribution >= 4 is 5.78 Å². The third kappa shape index (κ3) is 2.97. The van der Waals surface area contributed by atoms with Crippen LogP contribution in [0.4, 0.5) is 0 Å². The molecule has 0 spiro atoms. The van der Waals surface area contributed by atoms with E-state index in [9.17, 15) is 9.90 Å². The number of aliphatic hydroxyl groups excluding tert-OH is 1. The van der Waals surface area contributed by atoms with Crippen molar-refractivity contribution in [2.75, 3.05) is 14.2 Å². The lowest BCUT2D eigenvalue weighted by Gasteiger charge is -2.12. The van der Waals surface area contributed by atoms with Crippen LogP contribution in [0.5, 0.6) is 11.5 Å². The number of rotatable bonds is 5. The molecule has 0 radical (unpaired) electrons. The van der Waals surface area contributed by atoms with Crippen LogP contribution < -0.4 is 9.47 Å². The minimum atomic E-state index is -1.22. The first-order valence-corrected chi connectivity index (χ1v) is 6.16. The molecule has 0 aliphatic rings. The molecule has 2 aromatic rings. The molecule has 2 aromatic carbocycles. The molecular weight excluding hydrogens is 256 g/mol. The monoisotopic (exact) mass is 272 g/mol. The van der Waals surface area contributed by atoms with Crippen LogP contribution in [0.2, 0.25) is 0 Å². The van der Waals surface area contributed by atoms with Crippen molar-refractivity contribution in [3.63, 3.8) is 0 Å².